The number of hydrogen-bond acceptors (Lipinski definition) is 3. The lowest BCUT2D eigenvalue weighted by Crippen LogP contribution is -2.21. The Hall–Kier alpha value is -0.390. The first-order chi connectivity index (χ1) is 8.10. The summed E-state index contributed by atoms with van der Waals surface area (Å²) in [4.78, 5) is 0.187. The van der Waals surface area contributed by atoms with E-state index in [0.717, 1.165) is 4.47 Å². The second-order valence-electron chi connectivity index (χ2n) is 5.58. The van der Waals surface area contributed by atoms with E-state index in [-0.39, 0.29) is 16.4 Å². The van der Waals surface area contributed by atoms with Crippen molar-refractivity contribution < 1.29 is 12.6 Å². The maximum atomic E-state index is 12.0. The molecule has 0 aliphatic heterocycles. The molecule has 1 rings (SSSR count). The molecule has 0 saturated carbocycles. The molecule has 1 aromatic carbocycles. The van der Waals surface area contributed by atoms with Gasteiger partial charge in [-0.05, 0) is 43.0 Å². The van der Waals surface area contributed by atoms with Crippen LogP contribution in [0.3, 0.4) is 0 Å². The molecule has 0 bridgehead atoms. The maximum Gasteiger partial charge on any atom is 0.297 e. The minimum atomic E-state index is -3.67. The summed E-state index contributed by atoms with van der Waals surface area (Å²) in [5, 5.41) is 0. The first-order valence-corrected chi connectivity index (χ1v) is 7.99. The molecule has 102 valence electrons. The molecule has 3 nitrogen and oxygen atoms in total. The molecule has 0 fully saturated rings. The second kappa shape index (κ2) is 5.72. The van der Waals surface area contributed by atoms with Crippen molar-refractivity contribution in [2.75, 3.05) is 0 Å². The highest BCUT2D eigenvalue weighted by Gasteiger charge is 2.22. The largest absolute Gasteiger partial charge is 0.297 e. The van der Waals surface area contributed by atoms with Gasteiger partial charge in [-0.2, -0.15) is 8.42 Å². The van der Waals surface area contributed by atoms with Crippen LogP contribution in [0.5, 0.6) is 0 Å². The molecule has 0 radical (unpaired) electrons. The standard InChI is InChI=1S/C13H19BrO3S/c1-10(9-13(2,3)4)17-18(15,16)12-7-5-11(14)6-8-12/h5-8,10H,9H2,1-4H3. The van der Waals surface area contributed by atoms with Gasteiger partial charge in [-0.25, -0.2) is 0 Å². The summed E-state index contributed by atoms with van der Waals surface area (Å²) in [5.41, 5.74) is 0.0364. The predicted octanol–water partition coefficient (Wildman–Crippen LogP) is 3.98. The van der Waals surface area contributed by atoms with Crippen LogP contribution in [-0.2, 0) is 14.3 Å². The van der Waals surface area contributed by atoms with E-state index < -0.39 is 10.1 Å². The summed E-state index contributed by atoms with van der Waals surface area (Å²) in [7, 11) is -3.67. The molecule has 0 N–H and O–H groups in total. The molecule has 0 saturated heterocycles. The third-order valence-corrected chi connectivity index (χ3v) is 4.25. The first-order valence-electron chi connectivity index (χ1n) is 5.79. The highest BCUT2D eigenvalue weighted by Crippen LogP contribution is 2.25. The Balaban J connectivity index is 2.79. The third kappa shape index (κ3) is 5.08. The first kappa shape index (κ1) is 15.7. The zero-order valence-electron chi connectivity index (χ0n) is 11.1. The van der Waals surface area contributed by atoms with Crippen LogP contribution >= 0.6 is 15.9 Å². The molecule has 0 amide bonds. The molecule has 1 atom stereocenters. The average Bonchev–Trinajstić information content (AvgIpc) is 2.13. The Morgan fingerprint density at radius 1 is 1.22 bits per heavy atom. The highest BCUT2D eigenvalue weighted by molar-refractivity contribution is 9.10. The van der Waals surface area contributed by atoms with E-state index in [2.05, 4.69) is 36.7 Å². The lowest BCUT2D eigenvalue weighted by Gasteiger charge is -2.22. The summed E-state index contributed by atoms with van der Waals surface area (Å²) in [6, 6.07) is 6.43. The fourth-order valence-corrected chi connectivity index (χ4v) is 3.11. The van der Waals surface area contributed by atoms with E-state index in [4.69, 9.17) is 4.18 Å². The zero-order valence-corrected chi connectivity index (χ0v) is 13.5. The highest BCUT2D eigenvalue weighted by atomic mass is 79.9. The van der Waals surface area contributed by atoms with Gasteiger partial charge < -0.3 is 0 Å². The van der Waals surface area contributed by atoms with Crippen molar-refractivity contribution in [3.05, 3.63) is 28.7 Å². The van der Waals surface area contributed by atoms with Gasteiger partial charge in [0.15, 0.2) is 0 Å². The van der Waals surface area contributed by atoms with Gasteiger partial charge in [-0.3, -0.25) is 4.18 Å². The monoisotopic (exact) mass is 334 g/mol. The molecular formula is C13H19BrO3S. The maximum absolute atomic E-state index is 12.0. The molecule has 5 heteroatoms. The van der Waals surface area contributed by atoms with Crippen LogP contribution < -0.4 is 0 Å². The van der Waals surface area contributed by atoms with E-state index in [1.165, 1.54) is 12.1 Å². The van der Waals surface area contributed by atoms with E-state index in [1.54, 1.807) is 19.1 Å². The topological polar surface area (TPSA) is 43.4 Å². The van der Waals surface area contributed by atoms with Crippen molar-refractivity contribution in [1.82, 2.24) is 0 Å². The van der Waals surface area contributed by atoms with Crippen LogP contribution in [0.2, 0.25) is 0 Å². The smallest absolute Gasteiger partial charge is 0.263 e. The van der Waals surface area contributed by atoms with Crippen molar-refractivity contribution in [3.8, 4) is 0 Å². The van der Waals surface area contributed by atoms with Gasteiger partial charge in [0.05, 0.1) is 11.0 Å². The minimum Gasteiger partial charge on any atom is -0.263 e. The summed E-state index contributed by atoms with van der Waals surface area (Å²) >= 11 is 3.27. The Bertz CT molecular complexity index is 486. The van der Waals surface area contributed by atoms with Crippen molar-refractivity contribution in [2.45, 2.75) is 45.1 Å². The molecule has 0 heterocycles. The van der Waals surface area contributed by atoms with E-state index in [1.807, 2.05) is 0 Å². The van der Waals surface area contributed by atoms with Gasteiger partial charge in [0, 0.05) is 4.47 Å². The second-order valence-corrected chi connectivity index (χ2v) is 8.07. The van der Waals surface area contributed by atoms with Gasteiger partial charge in [-0.1, -0.05) is 36.7 Å². The van der Waals surface area contributed by atoms with Crippen molar-refractivity contribution >= 4 is 26.0 Å². The molecule has 1 unspecified atom stereocenters. The van der Waals surface area contributed by atoms with E-state index in [0.29, 0.717) is 6.42 Å². The fraction of sp³-hybridized carbons (Fsp3) is 0.538. The van der Waals surface area contributed by atoms with Gasteiger partial charge in [-0.15, -0.1) is 0 Å². The third-order valence-electron chi connectivity index (χ3n) is 2.29. The molecular weight excluding hydrogens is 316 g/mol. The molecule has 18 heavy (non-hydrogen) atoms. The Morgan fingerprint density at radius 3 is 2.17 bits per heavy atom. The lowest BCUT2D eigenvalue weighted by molar-refractivity contribution is 0.167. The quantitative estimate of drug-likeness (QED) is 0.782. The average molecular weight is 335 g/mol. The normalized spacial score (nSPS) is 14.5. The summed E-state index contributed by atoms with van der Waals surface area (Å²) < 4.78 is 30.0. The fourth-order valence-electron chi connectivity index (χ4n) is 1.77. The number of benzene rings is 1. The van der Waals surface area contributed by atoms with Gasteiger partial charge in [0.1, 0.15) is 0 Å². The van der Waals surface area contributed by atoms with Crippen LogP contribution in [-0.4, -0.2) is 14.5 Å². The zero-order chi connectivity index (χ0) is 14.0. The van der Waals surface area contributed by atoms with Gasteiger partial charge in [0.2, 0.25) is 0 Å². The number of rotatable bonds is 4. The molecule has 1 aromatic rings. The van der Waals surface area contributed by atoms with Crippen molar-refractivity contribution in [1.29, 1.82) is 0 Å². The molecule has 0 aromatic heterocycles. The van der Waals surface area contributed by atoms with Gasteiger partial charge in [0.25, 0.3) is 10.1 Å². The summed E-state index contributed by atoms with van der Waals surface area (Å²) in [5.74, 6) is 0. The number of hydrogen-bond donors (Lipinski definition) is 0. The Morgan fingerprint density at radius 2 is 1.72 bits per heavy atom. The van der Waals surface area contributed by atoms with Crippen LogP contribution in [0.15, 0.2) is 33.6 Å². The van der Waals surface area contributed by atoms with Crippen LogP contribution in [0, 0.1) is 5.41 Å². The molecule has 0 spiro atoms. The number of halogens is 1. The van der Waals surface area contributed by atoms with Crippen LogP contribution in [0.4, 0.5) is 0 Å². The van der Waals surface area contributed by atoms with E-state index >= 15 is 0 Å². The Kier molecular flexibility index (Phi) is 4.98. The molecule has 0 aliphatic carbocycles. The lowest BCUT2D eigenvalue weighted by atomic mass is 9.90. The minimum absolute atomic E-state index is 0.0364. The van der Waals surface area contributed by atoms with Crippen molar-refractivity contribution in [3.63, 3.8) is 0 Å². The molecule has 0 aliphatic rings. The summed E-state index contributed by atoms with van der Waals surface area (Å²) in [6.45, 7) is 7.94. The Labute approximate surface area is 118 Å². The van der Waals surface area contributed by atoms with Gasteiger partial charge >= 0.3 is 0 Å². The predicted molar refractivity (Wildman–Crippen MR) is 75.9 cm³/mol. The van der Waals surface area contributed by atoms with Crippen LogP contribution in [0.25, 0.3) is 0 Å². The SMILES string of the molecule is CC(CC(C)(C)C)OS(=O)(=O)c1ccc(Br)cc1. The van der Waals surface area contributed by atoms with Crippen LogP contribution in [0.1, 0.15) is 34.1 Å². The van der Waals surface area contributed by atoms with E-state index in [9.17, 15) is 8.42 Å². The summed E-state index contributed by atoms with van der Waals surface area (Å²) in [6.07, 6.45) is 0.349. The van der Waals surface area contributed by atoms with Crippen molar-refractivity contribution in [2.24, 2.45) is 5.41 Å².